The first-order chi connectivity index (χ1) is 20.7. The number of amides is 1. The topological polar surface area (TPSA) is 251 Å². The van der Waals surface area contributed by atoms with Gasteiger partial charge in [-0.1, -0.05) is 60.7 Å². The summed E-state index contributed by atoms with van der Waals surface area (Å²) in [6.45, 7) is -0.984. The minimum Gasteiger partial charge on any atom is -0.778 e. The maximum absolute atomic E-state index is 12.5. The van der Waals surface area contributed by atoms with Gasteiger partial charge >= 0.3 is 11.8 Å². The summed E-state index contributed by atoms with van der Waals surface area (Å²) in [5.41, 5.74) is 0.0178. The van der Waals surface area contributed by atoms with Crippen LogP contribution in [-0.2, 0) is 49.1 Å². The summed E-state index contributed by atoms with van der Waals surface area (Å²) in [5, 5.41) is 12.6. The molecule has 6 atom stereocenters. The number of aromatic nitrogens is 2. The lowest BCUT2D eigenvalue weighted by molar-refractivity contribution is -0.246. The van der Waals surface area contributed by atoms with Gasteiger partial charge in [-0.3, -0.25) is 23.3 Å². The summed E-state index contributed by atoms with van der Waals surface area (Å²) < 4.78 is 59.9. The van der Waals surface area contributed by atoms with Crippen LogP contribution in [0, 0.1) is 0 Å². The largest absolute Gasteiger partial charge is 0.778 e. The predicted octanol–water partition coefficient (Wildman–Crippen LogP) is 1.38. The highest BCUT2D eigenvalue weighted by Gasteiger charge is 2.37. The molecule has 4 rings (SSSR count). The van der Waals surface area contributed by atoms with Crippen molar-refractivity contribution in [3.8, 4) is 0 Å². The van der Waals surface area contributed by atoms with Crippen LogP contribution in [0.2, 0.25) is 0 Å². The normalized spacial score (nSPS) is 22.3. The summed E-state index contributed by atoms with van der Waals surface area (Å²) in [4.78, 5) is 64.4. The molecule has 1 amide bonds. The quantitative estimate of drug-likeness (QED) is 0.243. The molecule has 20 heteroatoms. The van der Waals surface area contributed by atoms with Gasteiger partial charge in [0.25, 0.3) is 15.6 Å². The van der Waals surface area contributed by atoms with Crippen molar-refractivity contribution in [2.45, 2.75) is 37.6 Å². The molecule has 1 aliphatic rings. The van der Waals surface area contributed by atoms with Crippen LogP contribution < -0.4 is 25.7 Å². The molecule has 238 valence electrons. The van der Waals surface area contributed by atoms with E-state index >= 15 is 0 Å². The molecule has 1 saturated heterocycles. The van der Waals surface area contributed by atoms with E-state index < -0.39 is 66.2 Å². The second-order valence-electron chi connectivity index (χ2n) is 9.23. The molecular weight excluding hydrogens is 647 g/mol. The van der Waals surface area contributed by atoms with E-state index in [2.05, 4.69) is 23.4 Å². The van der Waals surface area contributed by atoms with Gasteiger partial charge in [0, 0.05) is 18.8 Å². The summed E-state index contributed by atoms with van der Waals surface area (Å²) in [6.07, 6.45) is -4.68. The van der Waals surface area contributed by atoms with E-state index in [1.807, 2.05) is 0 Å². The number of carbonyl (C=O) groups excluding carboxylic acids is 1. The lowest BCUT2D eigenvalue weighted by atomic mass is 10.2. The van der Waals surface area contributed by atoms with Gasteiger partial charge in [0.15, 0.2) is 0 Å². The van der Waals surface area contributed by atoms with Crippen molar-refractivity contribution in [2.75, 3.05) is 11.9 Å². The van der Waals surface area contributed by atoms with Crippen molar-refractivity contribution >= 4 is 35.2 Å². The minimum absolute atomic E-state index is 0.0184. The van der Waals surface area contributed by atoms with Gasteiger partial charge in [-0.25, -0.2) is 13.9 Å². The van der Waals surface area contributed by atoms with Crippen molar-refractivity contribution in [1.29, 1.82) is 0 Å². The van der Waals surface area contributed by atoms with E-state index in [4.69, 9.17) is 9.47 Å². The van der Waals surface area contributed by atoms with E-state index in [1.54, 1.807) is 36.4 Å². The maximum Gasteiger partial charge on any atom is 0.413 e. The van der Waals surface area contributed by atoms with E-state index in [1.165, 1.54) is 36.5 Å². The Morgan fingerprint density at radius 2 is 1.61 bits per heavy atom. The van der Waals surface area contributed by atoms with Crippen molar-refractivity contribution in [2.24, 2.45) is 0 Å². The van der Waals surface area contributed by atoms with Crippen LogP contribution in [0.5, 0.6) is 0 Å². The molecule has 44 heavy (non-hydrogen) atoms. The SMILES string of the molecule is O=C(Nc1ccn([C@H]2CC(O)[C@@H](COP(=O)([O-])OP(=O)([O-])OP(=O)([O-])Cc3ccccc3)O2)c(=O)n1)OCc1ccccc1. The number of phosphoric ester groups is 1. The first-order valence-electron chi connectivity index (χ1n) is 12.6. The standard InChI is InChI=1S/C24H28N3O14P3/c28-19-13-22(27-12-11-21(25-23(27)29)26-24(30)37-14-17-7-3-1-4-8-17)39-20(19)15-38-43(33,34)41-44(35,36)40-42(31,32)16-18-9-5-2-6-10-18/h1-12,19-20,22,28H,13-16H2,(H,31,32)(H,33,34)(H,35,36)(H,25,26,29,30)/p-3/t19?,20-,22-/m1/s1. The van der Waals surface area contributed by atoms with Gasteiger partial charge in [0.05, 0.1) is 12.7 Å². The molecule has 1 aromatic heterocycles. The number of ether oxygens (including phenoxy) is 2. The monoisotopic (exact) mass is 672 g/mol. The number of nitrogens with zero attached hydrogens (tertiary/aromatic N) is 2. The number of rotatable bonds is 13. The molecule has 1 fully saturated rings. The van der Waals surface area contributed by atoms with E-state index in [0.29, 0.717) is 0 Å². The zero-order valence-electron chi connectivity index (χ0n) is 22.5. The Bertz CT molecular complexity index is 1640. The van der Waals surface area contributed by atoms with Crippen LogP contribution in [0.15, 0.2) is 77.7 Å². The van der Waals surface area contributed by atoms with Crippen molar-refractivity contribution in [3.05, 3.63) is 94.5 Å². The Balaban J connectivity index is 1.28. The van der Waals surface area contributed by atoms with E-state index in [0.717, 1.165) is 10.1 Å². The highest BCUT2D eigenvalue weighted by atomic mass is 31.3. The van der Waals surface area contributed by atoms with Gasteiger partial charge in [-0.15, -0.1) is 0 Å². The average molecular weight is 672 g/mol. The third-order valence-electron chi connectivity index (χ3n) is 5.83. The van der Waals surface area contributed by atoms with Gasteiger partial charge in [0.2, 0.25) is 0 Å². The Labute approximate surface area is 249 Å². The van der Waals surface area contributed by atoms with Gasteiger partial charge in [-0.05, 0) is 17.2 Å². The summed E-state index contributed by atoms with van der Waals surface area (Å²) in [5.74, 6) is -0.136. The number of hydrogen-bond donors (Lipinski definition) is 2. The molecule has 0 aliphatic carbocycles. The van der Waals surface area contributed by atoms with Crippen LogP contribution in [-0.4, -0.2) is 39.6 Å². The van der Waals surface area contributed by atoms with Gasteiger partial charge < -0.3 is 38.3 Å². The number of benzene rings is 2. The van der Waals surface area contributed by atoms with Crippen LogP contribution in [0.4, 0.5) is 10.6 Å². The summed E-state index contributed by atoms with van der Waals surface area (Å²) >= 11 is 0. The van der Waals surface area contributed by atoms with Crippen molar-refractivity contribution in [3.63, 3.8) is 0 Å². The number of anilines is 1. The Morgan fingerprint density at radius 1 is 0.977 bits per heavy atom. The Kier molecular flexibility index (Phi) is 11.1. The number of nitrogens with one attached hydrogen (secondary N) is 1. The highest BCUT2D eigenvalue weighted by molar-refractivity contribution is 7.66. The number of hydrogen-bond acceptors (Lipinski definition) is 15. The minimum atomic E-state index is -5.97. The van der Waals surface area contributed by atoms with Crippen LogP contribution in [0.25, 0.3) is 0 Å². The van der Waals surface area contributed by atoms with Crippen LogP contribution in [0.3, 0.4) is 0 Å². The number of aliphatic hydroxyl groups excluding tert-OH is 1. The second-order valence-corrected chi connectivity index (χ2v) is 14.1. The van der Waals surface area contributed by atoms with Gasteiger partial charge in [-0.2, -0.15) is 4.98 Å². The molecule has 2 aromatic carbocycles. The summed E-state index contributed by atoms with van der Waals surface area (Å²) in [6, 6.07) is 17.5. The zero-order valence-corrected chi connectivity index (χ0v) is 25.2. The van der Waals surface area contributed by atoms with Crippen LogP contribution in [0.1, 0.15) is 23.8 Å². The fourth-order valence-electron chi connectivity index (χ4n) is 3.92. The van der Waals surface area contributed by atoms with Crippen LogP contribution >= 0.6 is 23.2 Å². The molecule has 0 spiro atoms. The molecule has 2 heterocycles. The third-order valence-corrected chi connectivity index (χ3v) is 10.4. The number of aliphatic hydroxyl groups is 1. The highest BCUT2D eigenvalue weighted by Crippen LogP contribution is 2.63. The molecule has 0 saturated carbocycles. The number of phosphoric acid groups is 2. The molecule has 0 bridgehead atoms. The van der Waals surface area contributed by atoms with Crippen molar-refractivity contribution in [1.82, 2.24) is 9.55 Å². The smallest absolute Gasteiger partial charge is 0.413 e. The predicted molar refractivity (Wildman–Crippen MR) is 144 cm³/mol. The molecular formula is C24H25N3O14P3-3. The first-order valence-corrected chi connectivity index (χ1v) is 17.3. The second kappa shape index (κ2) is 14.4. The molecule has 1 aliphatic heterocycles. The fourth-order valence-corrected chi connectivity index (χ4v) is 7.91. The Morgan fingerprint density at radius 3 is 2.25 bits per heavy atom. The molecule has 4 unspecified atom stereocenters. The molecule has 2 N–H and O–H groups in total. The van der Waals surface area contributed by atoms with Gasteiger partial charge in [0.1, 0.15) is 32.4 Å². The van der Waals surface area contributed by atoms with Crippen molar-refractivity contribution < 1.29 is 60.9 Å². The molecule has 17 nitrogen and oxygen atoms in total. The van der Waals surface area contributed by atoms with E-state index in [9.17, 15) is 43.1 Å². The van der Waals surface area contributed by atoms with E-state index in [-0.39, 0.29) is 24.4 Å². The molecule has 0 radical (unpaired) electrons. The third kappa shape index (κ3) is 10.3. The fraction of sp³-hybridized carbons (Fsp3) is 0.292. The zero-order chi connectivity index (χ0) is 32.0. The number of carbonyl (C=O) groups is 1. The lowest BCUT2D eigenvalue weighted by Crippen LogP contribution is -2.29. The lowest BCUT2D eigenvalue weighted by Gasteiger charge is -2.35. The summed E-state index contributed by atoms with van der Waals surface area (Å²) in [7, 11) is -16.9. The molecule has 3 aromatic rings. The Hall–Kier alpha value is -3.04. The first kappa shape index (κ1) is 33.8. The average Bonchev–Trinajstić information content (AvgIpc) is 3.30. The maximum atomic E-state index is 12.5.